The molecule has 0 spiro atoms. The highest BCUT2D eigenvalue weighted by Crippen LogP contribution is 2.14. The molecule has 0 aliphatic heterocycles. The molecule has 0 saturated heterocycles. The molecule has 0 radical (unpaired) electrons. The average molecular weight is 893 g/mol. The zero-order valence-electron chi connectivity index (χ0n) is 42.0. The van der Waals surface area contributed by atoms with E-state index in [4.69, 9.17) is 14.2 Å². The lowest BCUT2D eigenvalue weighted by Gasteiger charge is -2.18. The van der Waals surface area contributed by atoms with E-state index in [0.29, 0.717) is 19.3 Å². The lowest BCUT2D eigenvalue weighted by atomic mass is 10.1. The van der Waals surface area contributed by atoms with E-state index >= 15 is 0 Å². The number of allylic oxidation sites excluding steroid dienone is 12. The van der Waals surface area contributed by atoms with E-state index in [1.165, 1.54) is 116 Å². The van der Waals surface area contributed by atoms with Gasteiger partial charge >= 0.3 is 17.9 Å². The summed E-state index contributed by atoms with van der Waals surface area (Å²) in [6, 6.07) is 0. The van der Waals surface area contributed by atoms with Gasteiger partial charge < -0.3 is 14.2 Å². The smallest absolute Gasteiger partial charge is 0.306 e. The van der Waals surface area contributed by atoms with Gasteiger partial charge in [-0.3, -0.25) is 14.4 Å². The van der Waals surface area contributed by atoms with Crippen LogP contribution >= 0.6 is 0 Å². The summed E-state index contributed by atoms with van der Waals surface area (Å²) in [5, 5.41) is 0. The molecular formula is C58H100O6. The Morgan fingerprint density at radius 3 is 0.953 bits per heavy atom. The zero-order chi connectivity index (χ0) is 46.5. The molecule has 6 nitrogen and oxygen atoms in total. The van der Waals surface area contributed by atoms with Crippen molar-refractivity contribution in [2.45, 2.75) is 264 Å². The van der Waals surface area contributed by atoms with Crippen LogP contribution in [0.25, 0.3) is 0 Å². The summed E-state index contributed by atoms with van der Waals surface area (Å²) in [6.45, 7) is 6.45. The second-order valence-corrected chi connectivity index (χ2v) is 17.8. The molecule has 0 fully saturated rings. The molecule has 0 aromatic rings. The number of carbonyl (C=O) groups excluding carboxylic acids is 3. The first-order valence-corrected chi connectivity index (χ1v) is 26.9. The quantitative estimate of drug-likeness (QED) is 0.0262. The van der Waals surface area contributed by atoms with E-state index in [1.54, 1.807) is 0 Å². The Bertz CT molecular complexity index is 1210. The summed E-state index contributed by atoms with van der Waals surface area (Å²) < 4.78 is 16.7. The van der Waals surface area contributed by atoms with E-state index in [1.807, 2.05) is 0 Å². The molecule has 0 aliphatic carbocycles. The molecule has 0 N–H and O–H groups in total. The van der Waals surface area contributed by atoms with Crippen LogP contribution in [0.4, 0.5) is 0 Å². The van der Waals surface area contributed by atoms with Crippen molar-refractivity contribution in [3.63, 3.8) is 0 Å². The molecule has 1 unspecified atom stereocenters. The first-order chi connectivity index (χ1) is 31.5. The molecule has 0 aromatic carbocycles. The molecule has 64 heavy (non-hydrogen) atoms. The van der Waals surface area contributed by atoms with Crippen molar-refractivity contribution < 1.29 is 28.6 Å². The van der Waals surface area contributed by atoms with Gasteiger partial charge in [0.25, 0.3) is 0 Å². The number of carbonyl (C=O) groups is 3. The normalized spacial score (nSPS) is 12.6. The predicted octanol–water partition coefficient (Wildman–Crippen LogP) is 17.8. The highest BCUT2D eigenvalue weighted by molar-refractivity contribution is 5.71. The van der Waals surface area contributed by atoms with Crippen LogP contribution in [0, 0.1) is 0 Å². The van der Waals surface area contributed by atoms with E-state index in [9.17, 15) is 14.4 Å². The molecule has 0 saturated carbocycles. The Labute approximate surface area is 395 Å². The van der Waals surface area contributed by atoms with Crippen molar-refractivity contribution >= 4 is 17.9 Å². The van der Waals surface area contributed by atoms with Crippen molar-refractivity contribution in [3.05, 3.63) is 72.9 Å². The summed E-state index contributed by atoms with van der Waals surface area (Å²) in [6.07, 6.45) is 66.3. The van der Waals surface area contributed by atoms with Crippen LogP contribution in [0.15, 0.2) is 72.9 Å². The SMILES string of the molecule is CC/C=C\C/C=C\C/C=C\CCCCCCCCCC(=O)OC(COC(=O)CCCCCCCC)COC(=O)CCCCCCCCCC/C=C\C/C=C\C/C=C\CCCCCCC. The molecular weight excluding hydrogens is 793 g/mol. The number of esters is 3. The van der Waals surface area contributed by atoms with E-state index in [2.05, 4.69) is 93.7 Å². The van der Waals surface area contributed by atoms with Crippen molar-refractivity contribution in [1.82, 2.24) is 0 Å². The number of hydrogen-bond donors (Lipinski definition) is 0. The molecule has 0 aromatic heterocycles. The molecule has 1 atom stereocenters. The van der Waals surface area contributed by atoms with Gasteiger partial charge in [-0.2, -0.15) is 0 Å². The van der Waals surface area contributed by atoms with Gasteiger partial charge in [0.15, 0.2) is 6.10 Å². The molecule has 6 heteroatoms. The first kappa shape index (κ1) is 60.9. The van der Waals surface area contributed by atoms with Crippen LogP contribution in [0.5, 0.6) is 0 Å². The fraction of sp³-hybridized carbons (Fsp3) is 0.741. The lowest BCUT2D eigenvalue weighted by molar-refractivity contribution is -0.167. The third kappa shape index (κ3) is 49.9. The number of unbranched alkanes of at least 4 members (excludes halogenated alkanes) is 25. The Hall–Kier alpha value is -3.15. The summed E-state index contributed by atoms with van der Waals surface area (Å²) >= 11 is 0. The van der Waals surface area contributed by atoms with Crippen molar-refractivity contribution in [3.8, 4) is 0 Å². The maximum Gasteiger partial charge on any atom is 0.306 e. The van der Waals surface area contributed by atoms with E-state index in [0.717, 1.165) is 103 Å². The minimum atomic E-state index is -0.780. The summed E-state index contributed by atoms with van der Waals surface area (Å²) in [4.78, 5) is 37.8. The summed E-state index contributed by atoms with van der Waals surface area (Å²) in [5.74, 6) is -0.906. The molecule has 0 amide bonds. The van der Waals surface area contributed by atoms with Crippen LogP contribution in [0.2, 0.25) is 0 Å². The second-order valence-electron chi connectivity index (χ2n) is 17.8. The summed E-state index contributed by atoms with van der Waals surface area (Å²) in [5.41, 5.74) is 0. The largest absolute Gasteiger partial charge is 0.462 e. The van der Waals surface area contributed by atoms with E-state index < -0.39 is 6.10 Å². The van der Waals surface area contributed by atoms with Gasteiger partial charge in [-0.05, 0) is 89.9 Å². The minimum absolute atomic E-state index is 0.0820. The molecule has 368 valence electrons. The Kier molecular flexibility index (Phi) is 49.9. The fourth-order valence-electron chi connectivity index (χ4n) is 7.40. The monoisotopic (exact) mass is 893 g/mol. The number of rotatable bonds is 48. The first-order valence-electron chi connectivity index (χ1n) is 26.9. The van der Waals surface area contributed by atoms with Gasteiger partial charge in [0, 0.05) is 19.3 Å². The molecule has 0 aliphatic rings. The molecule has 0 bridgehead atoms. The third-order valence-corrected chi connectivity index (χ3v) is 11.4. The van der Waals surface area contributed by atoms with Crippen LogP contribution < -0.4 is 0 Å². The second kappa shape index (κ2) is 52.5. The van der Waals surface area contributed by atoms with Gasteiger partial charge in [0.1, 0.15) is 13.2 Å². The molecule has 0 heterocycles. The van der Waals surface area contributed by atoms with Gasteiger partial charge in [-0.25, -0.2) is 0 Å². The molecule has 0 rings (SSSR count). The van der Waals surface area contributed by atoms with Gasteiger partial charge in [0.05, 0.1) is 0 Å². The fourth-order valence-corrected chi connectivity index (χ4v) is 7.40. The third-order valence-electron chi connectivity index (χ3n) is 11.4. The van der Waals surface area contributed by atoms with Crippen molar-refractivity contribution in [1.29, 1.82) is 0 Å². The van der Waals surface area contributed by atoms with Gasteiger partial charge in [0.2, 0.25) is 0 Å². The maximum atomic E-state index is 12.8. The highest BCUT2D eigenvalue weighted by Gasteiger charge is 2.19. The van der Waals surface area contributed by atoms with Gasteiger partial charge in [-0.1, -0.05) is 222 Å². The summed E-state index contributed by atoms with van der Waals surface area (Å²) in [7, 11) is 0. The van der Waals surface area contributed by atoms with Gasteiger partial charge in [-0.15, -0.1) is 0 Å². The minimum Gasteiger partial charge on any atom is -0.462 e. The number of ether oxygens (including phenoxy) is 3. The predicted molar refractivity (Wildman–Crippen MR) is 274 cm³/mol. The van der Waals surface area contributed by atoms with Crippen LogP contribution in [-0.2, 0) is 28.6 Å². The Morgan fingerprint density at radius 2 is 0.609 bits per heavy atom. The van der Waals surface area contributed by atoms with Crippen LogP contribution in [0.3, 0.4) is 0 Å². The van der Waals surface area contributed by atoms with E-state index in [-0.39, 0.29) is 31.1 Å². The Balaban J connectivity index is 4.20. The van der Waals surface area contributed by atoms with Crippen molar-refractivity contribution in [2.75, 3.05) is 13.2 Å². The lowest BCUT2D eigenvalue weighted by Crippen LogP contribution is -2.30. The maximum absolute atomic E-state index is 12.8. The van der Waals surface area contributed by atoms with Crippen LogP contribution in [0.1, 0.15) is 258 Å². The van der Waals surface area contributed by atoms with Crippen molar-refractivity contribution in [2.24, 2.45) is 0 Å². The Morgan fingerprint density at radius 1 is 0.328 bits per heavy atom. The average Bonchev–Trinajstić information content (AvgIpc) is 3.29. The zero-order valence-corrected chi connectivity index (χ0v) is 42.0. The standard InChI is InChI=1S/C58H100O6/c1-4-7-10-13-16-18-20-22-24-26-27-28-29-30-31-33-34-36-38-40-42-45-48-51-57(60)63-54-55(53-62-56(59)50-47-44-15-12-9-6-3)64-58(61)52-49-46-43-41-39-37-35-32-25-23-21-19-17-14-11-8-5-2/h8,11,17,19-20,22-23,25-27,29-30,55H,4-7,9-10,12-16,18,21,24,28,31-54H2,1-3H3/b11-8-,19-17-,22-20-,25-23-,27-26-,30-29-. The topological polar surface area (TPSA) is 78.9 Å². The van der Waals surface area contributed by atoms with Crippen LogP contribution in [-0.4, -0.2) is 37.2 Å². The number of hydrogen-bond acceptors (Lipinski definition) is 6. The highest BCUT2D eigenvalue weighted by atomic mass is 16.6.